The summed E-state index contributed by atoms with van der Waals surface area (Å²) in [7, 11) is 0. The monoisotopic (exact) mass is 401 g/mol. The van der Waals surface area contributed by atoms with Crippen molar-refractivity contribution >= 4 is 22.5 Å². The molecule has 1 aromatic heterocycles. The third-order valence-electron chi connectivity index (χ3n) is 4.39. The molecular weight excluding hydrogens is 383 g/mol. The molecule has 2 N–H and O–H groups in total. The zero-order valence-corrected chi connectivity index (χ0v) is 15.5. The van der Waals surface area contributed by atoms with Gasteiger partial charge in [-0.1, -0.05) is 31.5 Å². The Morgan fingerprint density at radius 2 is 2.03 bits per heavy atom. The lowest BCUT2D eigenvalue weighted by molar-refractivity contribution is -0.137. The van der Waals surface area contributed by atoms with Crippen LogP contribution in [-0.2, 0) is 11.0 Å². The lowest BCUT2D eigenvalue weighted by Gasteiger charge is -2.19. The highest BCUT2D eigenvalue weighted by Crippen LogP contribution is 2.34. The van der Waals surface area contributed by atoms with E-state index in [1.807, 2.05) is 31.2 Å². The molecule has 1 atom stereocenters. The van der Waals surface area contributed by atoms with E-state index in [1.54, 1.807) is 6.20 Å². The van der Waals surface area contributed by atoms with Crippen molar-refractivity contribution in [3.05, 3.63) is 59.8 Å². The van der Waals surface area contributed by atoms with Crippen LogP contribution >= 0.6 is 0 Å². The average molecular weight is 401 g/mol. The van der Waals surface area contributed by atoms with Crippen molar-refractivity contribution in [3.8, 4) is 11.8 Å². The topological polar surface area (TPSA) is 77.9 Å². The third-order valence-corrected chi connectivity index (χ3v) is 4.39. The first kappa shape index (κ1) is 20.3. The van der Waals surface area contributed by atoms with Gasteiger partial charge in [-0.3, -0.25) is 4.79 Å². The van der Waals surface area contributed by atoms with Crippen molar-refractivity contribution in [1.29, 1.82) is 5.26 Å². The third kappa shape index (κ3) is 4.51. The Morgan fingerprint density at radius 3 is 2.72 bits per heavy atom. The molecular formula is C21H18F3N3O2. The maximum Gasteiger partial charge on any atom is 0.417 e. The number of ether oxygens (including phenoxy) is 1. The second-order valence-electron chi connectivity index (χ2n) is 6.45. The average Bonchev–Trinajstić information content (AvgIpc) is 3.10. The number of alkyl halides is 3. The van der Waals surface area contributed by atoms with Crippen LogP contribution in [0.25, 0.3) is 10.9 Å². The number of anilines is 1. The number of carbonyl (C=O) groups is 1. The first-order valence-corrected chi connectivity index (χ1v) is 8.98. The van der Waals surface area contributed by atoms with E-state index in [9.17, 15) is 18.0 Å². The number of hydrogen-bond donors (Lipinski definition) is 2. The number of amides is 1. The van der Waals surface area contributed by atoms with E-state index in [-0.39, 0.29) is 5.75 Å². The van der Waals surface area contributed by atoms with Crippen molar-refractivity contribution in [3.63, 3.8) is 0 Å². The first-order chi connectivity index (χ1) is 13.8. The molecule has 1 unspecified atom stereocenters. The number of nitrogens with one attached hydrogen (secondary N) is 2. The SMILES string of the molecule is CCCC(Oc1ccc(C#N)c(C(F)(F)F)c1)C(=O)Nc1c[nH]c2ccccc12. The number of aromatic nitrogens is 1. The maximum atomic E-state index is 13.2. The highest BCUT2D eigenvalue weighted by Gasteiger charge is 2.34. The van der Waals surface area contributed by atoms with Crippen LogP contribution < -0.4 is 10.1 Å². The molecule has 0 spiro atoms. The van der Waals surface area contributed by atoms with Crippen LogP contribution in [0.5, 0.6) is 5.75 Å². The fourth-order valence-electron chi connectivity index (χ4n) is 2.99. The quantitative estimate of drug-likeness (QED) is 0.593. The number of halogens is 3. The van der Waals surface area contributed by atoms with E-state index < -0.39 is 29.3 Å². The Balaban J connectivity index is 1.83. The summed E-state index contributed by atoms with van der Waals surface area (Å²) >= 11 is 0. The molecule has 0 aliphatic carbocycles. The molecule has 0 saturated carbocycles. The number of nitrogens with zero attached hydrogens (tertiary/aromatic N) is 1. The fraction of sp³-hybridized carbons (Fsp3) is 0.238. The van der Waals surface area contributed by atoms with Crippen LogP contribution in [0, 0.1) is 11.3 Å². The van der Waals surface area contributed by atoms with Gasteiger partial charge in [-0.25, -0.2) is 0 Å². The molecule has 0 radical (unpaired) electrons. The molecule has 0 fully saturated rings. The number of para-hydroxylation sites is 1. The van der Waals surface area contributed by atoms with Gasteiger partial charge in [-0.05, 0) is 30.7 Å². The zero-order chi connectivity index (χ0) is 21.0. The molecule has 2 aromatic carbocycles. The number of benzene rings is 2. The summed E-state index contributed by atoms with van der Waals surface area (Å²) in [5, 5.41) is 12.5. The Kier molecular flexibility index (Phi) is 5.78. The minimum atomic E-state index is -4.70. The second-order valence-corrected chi connectivity index (χ2v) is 6.45. The van der Waals surface area contributed by atoms with Gasteiger partial charge in [0.05, 0.1) is 22.9 Å². The first-order valence-electron chi connectivity index (χ1n) is 8.98. The molecule has 8 heteroatoms. The Hall–Kier alpha value is -3.47. The molecule has 5 nitrogen and oxygen atoms in total. The van der Waals surface area contributed by atoms with Gasteiger partial charge < -0.3 is 15.0 Å². The normalized spacial score (nSPS) is 12.4. The molecule has 1 amide bonds. The second kappa shape index (κ2) is 8.27. The number of rotatable bonds is 6. The van der Waals surface area contributed by atoms with Gasteiger partial charge in [0.15, 0.2) is 6.10 Å². The summed E-state index contributed by atoms with van der Waals surface area (Å²) < 4.78 is 45.1. The molecule has 3 aromatic rings. The predicted octanol–water partition coefficient (Wildman–Crippen LogP) is 5.24. The standard InChI is InChI=1S/C21H18F3N3O2/c1-2-5-19(20(28)27-18-12-26-17-7-4-3-6-15(17)18)29-14-9-8-13(11-25)16(10-14)21(22,23)24/h3-4,6-10,12,19,26H,2,5H2,1H3,(H,27,28). The minimum Gasteiger partial charge on any atom is -0.481 e. The highest BCUT2D eigenvalue weighted by atomic mass is 19.4. The van der Waals surface area contributed by atoms with Gasteiger partial charge in [-0.15, -0.1) is 0 Å². The summed E-state index contributed by atoms with van der Waals surface area (Å²) in [6, 6.07) is 12.0. The van der Waals surface area contributed by atoms with Gasteiger partial charge in [0, 0.05) is 17.1 Å². The van der Waals surface area contributed by atoms with Crippen LogP contribution in [0.4, 0.5) is 18.9 Å². The van der Waals surface area contributed by atoms with Crippen LogP contribution in [0.3, 0.4) is 0 Å². The van der Waals surface area contributed by atoms with Crippen molar-refractivity contribution in [2.75, 3.05) is 5.32 Å². The highest BCUT2D eigenvalue weighted by molar-refractivity contribution is 6.03. The van der Waals surface area contributed by atoms with Crippen LogP contribution in [0.1, 0.15) is 30.9 Å². The largest absolute Gasteiger partial charge is 0.481 e. The van der Waals surface area contributed by atoms with Crippen molar-refractivity contribution in [1.82, 2.24) is 4.98 Å². The number of nitriles is 1. The molecule has 0 bridgehead atoms. The van der Waals surface area contributed by atoms with Gasteiger partial charge in [0.25, 0.3) is 5.91 Å². The smallest absolute Gasteiger partial charge is 0.417 e. The summed E-state index contributed by atoms with van der Waals surface area (Å²) in [6.45, 7) is 1.84. The Bertz CT molecular complexity index is 1070. The van der Waals surface area contributed by atoms with Crippen LogP contribution in [0.2, 0.25) is 0 Å². The number of H-pyrrole nitrogens is 1. The molecule has 150 valence electrons. The van der Waals surface area contributed by atoms with Crippen molar-refractivity contribution in [2.24, 2.45) is 0 Å². The van der Waals surface area contributed by atoms with Crippen molar-refractivity contribution < 1.29 is 22.7 Å². The van der Waals surface area contributed by atoms with E-state index in [0.29, 0.717) is 18.5 Å². The molecule has 29 heavy (non-hydrogen) atoms. The molecule has 0 aliphatic rings. The van der Waals surface area contributed by atoms with Gasteiger partial charge in [0.2, 0.25) is 0 Å². The van der Waals surface area contributed by atoms with E-state index in [1.165, 1.54) is 12.1 Å². The van der Waals surface area contributed by atoms with Crippen LogP contribution in [0.15, 0.2) is 48.7 Å². The summed E-state index contributed by atoms with van der Waals surface area (Å²) in [6.07, 6.45) is -3.13. The molecule has 0 aliphatic heterocycles. The number of aromatic amines is 1. The maximum absolute atomic E-state index is 13.2. The van der Waals surface area contributed by atoms with Gasteiger partial charge in [-0.2, -0.15) is 18.4 Å². The zero-order valence-electron chi connectivity index (χ0n) is 15.5. The Morgan fingerprint density at radius 1 is 1.28 bits per heavy atom. The number of fused-ring (bicyclic) bond motifs is 1. The van der Waals surface area contributed by atoms with Crippen LogP contribution in [-0.4, -0.2) is 17.0 Å². The fourth-order valence-corrected chi connectivity index (χ4v) is 2.99. The Labute approximate surface area is 165 Å². The molecule has 1 heterocycles. The molecule has 0 saturated heterocycles. The molecule has 3 rings (SSSR count). The van der Waals surface area contributed by atoms with E-state index in [0.717, 1.165) is 23.0 Å². The summed E-state index contributed by atoms with van der Waals surface area (Å²) in [5.74, 6) is -0.585. The predicted molar refractivity (Wildman–Crippen MR) is 102 cm³/mol. The van der Waals surface area contributed by atoms with E-state index in [2.05, 4.69) is 10.3 Å². The van der Waals surface area contributed by atoms with E-state index >= 15 is 0 Å². The number of hydrogen-bond acceptors (Lipinski definition) is 3. The number of carbonyl (C=O) groups excluding carboxylic acids is 1. The lowest BCUT2D eigenvalue weighted by atomic mass is 10.1. The lowest BCUT2D eigenvalue weighted by Crippen LogP contribution is -2.33. The van der Waals surface area contributed by atoms with E-state index in [4.69, 9.17) is 10.00 Å². The van der Waals surface area contributed by atoms with Gasteiger partial charge in [0.1, 0.15) is 5.75 Å². The van der Waals surface area contributed by atoms with Gasteiger partial charge >= 0.3 is 6.18 Å². The van der Waals surface area contributed by atoms with Crippen molar-refractivity contribution in [2.45, 2.75) is 32.0 Å². The summed E-state index contributed by atoms with van der Waals surface area (Å²) in [4.78, 5) is 15.8. The minimum absolute atomic E-state index is 0.121. The summed E-state index contributed by atoms with van der Waals surface area (Å²) in [5.41, 5.74) is -0.186.